The highest BCUT2D eigenvalue weighted by atomic mass is 16.5. The summed E-state index contributed by atoms with van der Waals surface area (Å²) in [4.78, 5) is 2.29. The summed E-state index contributed by atoms with van der Waals surface area (Å²) in [5, 5.41) is 3.41. The maximum Gasteiger partial charge on any atom is 0.123 e. The molecule has 0 bridgehead atoms. The van der Waals surface area contributed by atoms with Gasteiger partial charge in [0.2, 0.25) is 0 Å². The molecule has 0 heterocycles. The normalized spacial score (nSPS) is 10.9. The van der Waals surface area contributed by atoms with Crippen LogP contribution in [-0.4, -0.2) is 52.4 Å². The molecule has 0 saturated carbocycles. The number of likely N-dealkylation sites (N-methyl/N-ethyl adjacent to an activating group) is 1. The Morgan fingerprint density at radius 3 is 2.68 bits per heavy atom. The second-order valence-electron chi connectivity index (χ2n) is 4.65. The predicted molar refractivity (Wildman–Crippen MR) is 78.7 cm³/mol. The monoisotopic (exact) mass is 266 g/mol. The van der Waals surface area contributed by atoms with Gasteiger partial charge in [-0.15, -0.1) is 0 Å². The number of nitrogens with one attached hydrogen (secondary N) is 1. The highest BCUT2D eigenvalue weighted by molar-refractivity contribution is 5.32. The number of nitrogens with zero attached hydrogens (tertiary/aromatic N) is 1. The number of ether oxygens (including phenoxy) is 2. The first-order valence-corrected chi connectivity index (χ1v) is 6.78. The number of hydrogen-bond acceptors (Lipinski definition) is 4. The van der Waals surface area contributed by atoms with E-state index in [2.05, 4.69) is 29.4 Å². The number of methoxy groups -OCH3 is 2. The van der Waals surface area contributed by atoms with Crippen LogP contribution in [0.2, 0.25) is 0 Å². The Kier molecular flexibility index (Phi) is 8.21. The lowest BCUT2D eigenvalue weighted by molar-refractivity contribution is 0.194. The Morgan fingerprint density at radius 2 is 1.95 bits per heavy atom. The first-order valence-electron chi connectivity index (χ1n) is 6.78. The highest BCUT2D eigenvalue weighted by Gasteiger charge is 2.04. The van der Waals surface area contributed by atoms with Crippen molar-refractivity contribution in [1.82, 2.24) is 10.2 Å². The van der Waals surface area contributed by atoms with Crippen LogP contribution in [0.1, 0.15) is 12.0 Å². The lowest BCUT2D eigenvalue weighted by Crippen LogP contribution is -2.29. The van der Waals surface area contributed by atoms with E-state index in [4.69, 9.17) is 9.47 Å². The molecule has 0 aliphatic heterocycles. The zero-order valence-electron chi connectivity index (χ0n) is 12.3. The third-order valence-corrected chi connectivity index (χ3v) is 3.01. The molecular formula is C15H26N2O2. The molecular weight excluding hydrogens is 240 g/mol. The fourth-order valence-electron chi connectivity index (χ4n) is 1.94. The topological polar surface area (TPSA) is 33.7 Å². The van der Waals surface area contributed by atoms with E-state index in [0.717, 1.165) is 45.0 Å². The van der Waals surface area contributed by atoms with Crippen molar-refractivity contribution in [1.29, 1.82) is 0 Å². The average Bonchev–Trinajstić information content (AvgIpc) is 2.43. The summed E-state index contributed by atoms with van der Waals surface area (Å²) in [6, 6.07) is 8.17. The molecule has 0 unspecified atom stereocenters. The quantitative estimate of drug-likeness (QED) is 0.654. The van der Waals surface area contributed by atoms with Crippen molar-refractivity contribution >= 4 is 0 Å². The number of para-hydroxylation sites is 1. The van der Waals surface area contributed by atoms with Crippen molar-refractivity contribution in [2.45, 2.75) is 13.0 Å². The molecule has 0 aliphatic carbocycles. The van der Waals surface area contributed by atoms with Gasteiger partial charge in [0.15, 0.2) is 0 Å². The largest absolute Gasteiger partial charge is 0.496 e. The molecule has 1 aromatic rings. The number of hydrogen-bond donors (Lipinski definition) is 1. The van der Waals surface area contributed by atoms with Crippen LogP contribution in [0.15, 0.2) is 24.3 Å². The Morgan fingerprint density at radius 1 is 1.16 bits per heavy atom. The third kappa shape index (κ3) is 6.57. The SMILES string of the molecule is COCCCNCCN(C)Cc1ccccc1OC. The maximum absolute atomic E-state index is 5.36. The lowest BCUT2D eigenvalue weighted by atomic mass is 10.2. The smallest absolute Gasteiger partial charge is 0.123 e. The van der Waals surface area contributed by atoms with Crippen LogP contribution >= 0.6 is 0 Å². The Labute approximate surface area is 116 Å². The third-order valence-electron chi connectivity index (χ3n) is 3.01. The first kappa shape index (κ1) is 16.0. The van der Waals surface area contributed by atoms with E-state index in [0.29, 0.717) is 0 Å². The van der Waals surface area contributed by atoms with Gasteiger partial charge in [-0.2, -0.15) is 0 Å². The van der Waals surface area contributed by atoms with Gasteiger partial charge in [0, 0.05) is 38.9 Å². The van der Waals surface area contributed by atoms with E-state index in [1.54, 1.807) is 14.2 Å². The molecule has 1 aromatic carbocycles. The molecule has 0 saturated heterocycles. The van der Waals surface area contributed by atoms with Gasteiger partial charge >= 0.3 is 0 Å². The van der Waals surface area contributed by atoms with Crippen LogP contribution in [-0.2, 0) is 11.3 Å². The van der Waals surface area contributed by atoms with Crippen molar-refractivity contribution in [3.05, 3.63) is 29.8 Å². The minimum Gasteiger partial charge on any atom is -0.496 e. The minimum absolute atomic E-state index is 0.823. The van der Waals surface area contributed by atoms with Gasteiger partial charge in [0.1, 0.15) is 5.75 Å². The van der Waals surface area contributed by atoms with Crippen molar-refractivity contribution < 1.29 is 9.47 Å². The van der Waals surface area contributed by atoms with E-state index < -0.39 is 0 Å². The van der Waals surface area contributed by atoms with Gasteiger partial charge in [-0.25, -0.2) is 0 Å². The second kappa shape index (κ2) is 9.78. The molecule has 0 atom stereocenters. The maximum atomic E-state index is 5.36. The van der Waals surface area contributed by atoms with E-state index in [9.17, 15) is 0 Å². The highest BCUT2D eigenvalue weighted by Crippen LogP contribution is 2.18. The Bertz CT molecular complexity index is 345. The Balaban J connectivity index is 2.21. The molecule has 1 rings (SSSR count). The van der Waals surface area contributed by atoms with Crippen molar-refractivity contribution in [2.24, 2.45) is 0 Å². The van der Waals surface area contributed by atoms with Crippen LogP contribution in [0.5, 0.6) is 5.75 Å². The van der Waals surface area contributed by atoms with Crippen LogP contribution in [0.4, 0.5) is 0 Å². The van der Waals surface area contributed by atoms with E-state index in [-0.39, 0.29) is 0 Å². The fraction of sp³-hybridized carbons (Fsp3) is 0.600. The fourth-order valence-corrected chi connectivity index (χ4v) is 1.94. The zero-order chi connectivity index (χ0) is 13.9. The number of benzene rings is 1. The molecule has 0 aliphatic rings. The van der Waals surface area contributed by atoms with Gasteiger partial charge in [-0.3, -0.25) is 0 Å². The second-order valence-corrected chi connectivity index (χ2v) is 4.65. The first-order chi connectivity index (χ1) is 9.27. The summed E-state index contributed by atoms with van der Waals surface area (Å²) in [7, 11) is 5.58. The summed E-state index contributed by atoms with van der Waals surface area (Å²) in [6.07, 6.45) is 1.06. The molecule has 0 spiro atoms. The summed E-state index contributed by atoms with van der Waals surface area (Å²) in [5.74, 6) is 0.961. The van der Waals surface area contributed by atoms with E-state index in [1.807, 2.05) is 12.1 Å². The van der Waals surface area contributed by atoms with Crippen LogP contribution in [0.3, 0.4) is 0 Å². The van der Waals surface area contributed by atoms with Crippen molar-refractivity contribution in [2.75, 3.05) is 47.5 Å². The summed E-state index contributed by atoms with van der Waals surface area (Å²) >= 11 is 0. The molecule has 4 nitrogen and oxygen atoms in total. The van der Waals surface area contributed by atoms with Crippen LogP contribution in [0, 0.1) is 0 Å². The summed E-state index contributed by atoms with van der Waals surface area (Å²) < 4.78 is 10.4. The molecule has 19 heavy (non-hydrogen) atoms. The van der Waals surface area contributed by atoms with Crippen molar-refractivity contribution in [3.8, 4) is 5.75 Å². The Hall–Kier alpha value is -1.10. The molecule has 0 radical (unpaired) electrons. The van der Waals surface area contributed by atoms with Gasteiger partial charge in [-0.05, 0) is 26.1 Å². The molecule has 108 valence electrons. The molecule has 0 aromatic heterocycles. The van der Waals surface area contributed by atoms with E-state index >= 15 is 0 Å². The van der Waals surface area contributed by atoms with Crippen LogP contribution in [0.25, 0.3) is 0 Å². The van der Waals surface area contributed by atoms with E-state index in [1.165, 1.54) is 5.56 Å². The molecule has 0 amide bonds. The zero-order valence-corrected chi connectivity index (χ0v) is 12.3. The standard InChI is InChI=1S/C15H26N2O2/c1-17(11-10-16-9-6-12-18-2)13-14-7-4-5-8-15(14)19-3/h4-5,7-8,16H,6,9-13H2,1-3H3. The lowest BCUT2D eigenvalue weighted by Gasteiger charge is -2.18. The average molecular weight is 266 g/mol. The molecule has 4 heteroatoms. The van der Waals surface area contributed by atoms with Gasteiger partial charge < -0.3 is 19.7 Å². The number of rotatable bonds is 10. The molecule has 0 fully saturated rings. The molecule has 1 N–H and O–H groups in total. The van der Waals surface area contributed by atoms with Gasteiger partial charge in [0.05, 0.1) is 7.11 Å². The minimum atomic E-state index is 0.823. The van der Waals surface area contributed by atoms with Crippen LogP contribution < -0.4 is 10.1 Å². The summed E-state index contributed by atoms with van der Waals surface area (Å²) in [5.41, 5.74) is 1.23. The predicted octanol–water partition coefficient (Wildman–Crippen LogP) is 1.75. The summed E-state index contributed by atoms with van der Waals surface area (Å²) in [6.45, 7) is 4.75. The van der Waals surface area contributed by atoms with Crippen molar-refractivity contribution in [3.63, 3.8) is 0 Å². The van der Waals surface area contributed by atoms with Gasteiger partial charge in [-0.1, -0.05) is 18.2 Å². The van der Waals surface area contributed by atoms with Gasteiger partial charge in [0.25, 0.3) is 0 Å².